The zero-order valence-corrected chi connectivity index (χ0v) is 19.4. The molecule has 0 saturated carbocycles. The standard InChI is InChI=1S/C24H26N2O7S/c27-23-7-2-17-14-18(3-5-20(17)25-23)33-24(28)16-8-10-26(11-9-16)34(29,30)19-4-6-21-22(15-19)32-13-1-12-31-21/h3-6,14-16H,1-2,7-13H2,(H,25,27). The second-order valence-corrected chi connectivity index (χ2v) is 10.6. The van der Waals surface area contributed by atoms with Gasteiger partial charge in [-0.15, -0.1) is 0 Å². The number of aryl methyl sites for hydroxylation is 1. The van der Waals surface area contributed by atoms with E-state index in [2.05, 4.69) is 5.32 Å². The molecule has 2 aromatic rings. The van der Waals surface area contributed by atoms with E-state index in [0.717, 1.165) is 17.7 Å². The highest BCUT2D eigenvalue weighted by atomic mass is 32.2. The fourth-order valence-electron chi connectivity index (χ4n) is 4.41. The summed E-state index contributed by atoms with van der Waals surface area (Å²) < 4.78 is 44.5. The van der Waals surface area contributed by atoms with Crippen molar-refractivity contribution < 1.29 is 32.2 Å². The Morgan fingerprint density at radius 2 is 1.76 bits per heavy atom. The molecule has 0 radical (unpaired) electrons. The third-order valence-corrected chi connectivity index (χ3v) is 8.23. The zero-order chi connectivity index (χ0) is 23.7. The van der Waals surface area contributed by atoms with Gasteiger partial charge in [0.05, 0.1) is 24.0 Å². The SMILES string of the molecule is O=C1CCc2cc(OC(=O)C3CCN(S(=O)(=O)c4ccc5c(c4)OCCCO5)CC3)ccc2N1. The van der Waals surface area contributed by atoms with Crippen molar-refractivity contribution in [1.82, 2.24) is 4.31 Å². The minimum Gasteiger partial charge on any atom is -0.490 e. The number of anilines is 1. The number of carbonyl (C=O) groups excluding carboxylic acids is 2. The topological polar surface area (TPSA) is 111 Å². The van der Waals surface area contributed by atoms with Crippen molar-refractivity contribution in [2.75, 3.05) is 31.6 Å². The Balaban J connectivity index is 1.21. The summed E-state index contributed by atoms with van der Waals surface area (Å²) in [7, 11) is -3.72. The number of ether oxygens (including phenoxy) is 3. The van der Waals surface area contributed by atoms with Gasteiger partial charge >= 0.3 is 5.97 Å². The number of esters is 1. The average molecular weight is 487 g/mol. The Morgan fingerprint density at radius 3 is 2.56 bits per heavy atom. The van der Waals surface area contributed by atoms with Gasteiger partial charge in [-0.1, -0.05) is 0 Å². The maximum Gasteiger partial charge on any atom is 0.314 e. The van der Waals surface area contributed by atoms with Crippen LogP contribution >= 0.6 is 0 Å². The predicted molar refractivity (Wildman–Crippen MR) is 123 cm³/mol. The lowest BCUT2D eigenvalue weighted by atomic mass is 9.98. The van der Waals surface area contributed by atoms with Crippen LogP contribution in [0.25, 0.3) is 0 Å². The van der Waals surface area contributed by atoms with Gasteiger partial charge in [-0.05, 0) is 55.2 Å². The van der Waals surface area contributed by atoms with Crippen LogP contribution in [-0.2, 0) is 26.0 Å². The van der Waals surface area contributed by atoms with Crippen LogP contribution < -0.4 is 19.5 Å². The summed E-state index contributed by atoms with van der Waals surface area (Å²) in [5.74, 6) is 0.635. The molecular weight excluding hydrogens is 460 g/mol. The molecule has 0 unspecified atom stereocenters. The fourth-order valence-corrected chi connectivity index (χ4v) is 5.89. The monoisotopic (exact) mass is 486 g/mol. The Labute approximate surface area is 198 Å². The minimum absolute atomic E-state index is 0.0225. The number of rotatable bonds is 4. The summed E-state index contributed by atoms with van der Waals surface area (Å²) in [6, 6.07) is 9.83. The summed E-state index contributed by atoms with van der Waals surface area (Å²) in [4.78, 5) is 24.4. The summed E-state index contributed by atoms with van der Waals surface area (Å²) in [5.41, 5.74) is 1.67. The van der Waals surface area contributed by atoms with E-state index >= 15 is 0 Å². The minimum atomic E-state index is -3.72. The van der Waals surface area contributed by atoms with Crippen LogP contribution in [0.5, 0.6) is 17.2 Å². The van der Waals surface area contributed by atoms with E-state index in [-0.39, 0.29) is 35.8 Å². The molecule has 0 aromatic heterocycles. The van der Waals surface area contributed by atoms with Crippen molar-refractivity contribution >= 4 is 27.6 Å². The first-order valence-electron chi connectivity index (χ1n) is 11.4. The van der Waals surface area contributed by atoms with Crippen LogP contribution in [0.1, 0.15) is 31.2 Å². The summed E-state index contributed by atoms with van der Waals surface area (Å²) >= 11 is 0. The number of carbonyl (C=O) groups is 2. The molecule has 1 saturated heterocycles. The molecule has 180 valence electrons. The number of hydrogen-bond acceptors (Lipinski definition) is 7. The molecule has 2 aromatic carbocycles. The van der Waals surface area contributed by atoms with Crippen molar-refractivity contribution in [3.05, 3.63) is 42.0 Å². The Morgan fingerprint density at radius 1 is 1.00 bits per heavy atom. The molecule has 1 amide bonds. The number of fused-ring (bicyclic) bond motifs is 2. The van der Waals surface area contributed by atoms with E-state index in [1.54, 1.807) is 24.3 Å². The molecule has 5 rings (SSSR count). The largest absolute Gasteiger partial charge is 0.490 e. The van der Waals surface area contributed by atoms with Gasteiger partial charge in [0.25, 0.3) is 0 Å². The molecule has 10 heteroatoms. The maximum atomic E-state index is 13.2. The van der Waals surface area contributed by atoms with Crippen LogP contribution in [0, 0.1) is 5.92 Å². The second-order valence-electron chi connectivity index (χ2n) is 8.63. The lowest BCUT2D eigenvalue weighted by Crippen LogP contribution is -2.41. The van der Waals surface area contributed by atoms with Crippen molar-refractivity contribution in [3.63, 3.8) is 0 Å². The van der Waals surface area contributed by atoms with Crippen LogP contribution in [0.15, 0.2) is 41.3 Å². The van der Waals surface area contributed by atoms with E-state index in [4.69, 9.17) is 14.2 Å². The summed E-state index contributed by atoms with van der Waals surface area (Å²) in [5, 5.41) is 2.80. The summed E-state index contributed by atoms with van der Waals surface area (Å²) in [6.07, 6.45) is 2.50. The highest BCUT2D eigenvalue weighted by molar-refractivity contribution is 7.89. The average Bonchev–Trinajstić information content (AvgIpc) is 3.09. The Bertz CT molecular complexity index is 1220. The van der Waals surface area contributed by atoms with Crippen LogP contribution in [0.4, 0.5) is 5.69 Å². The molecule has 9 nitrogen and oxygen atoms in total. The number of sulfonamides is 1. The number of piperidine rings is 1. The van der Waals surface area contributed by atoms with Gasteiger partial charge in [0.15, 0.2) is 11.5 Å². The molecule has 0 aliphatic carbocycles. The molecule has 3 heterocycles. The van der Waals surface area contributed by atoms with Gasteiger partial charge in [-0.3, -0.25) is 9.59 Å². The van der Waals surface area contributed by atoms with Gasteiger partial charge in [0, 0.05) is 37.7 Å². The van der Waals surface area contributed by atoms with Gasteiger partial charge in [-0.25, -0.2) is 8.42 Å². The van der Waals surface area contributed by atoms with Crippen LogP contribution in [0.2, 0.25) is 0 Å². The van der Waals surface area contributed by atoms with E-state index in [1.807, 2.05) is 0 Å². The van der Waals surface area contributed by atoms with E-state index < -0.39 is 10.0 Å². The highest BCUT2D eigenvalue weighted by Crippen LogP contribution is 2.34. The highest BCUT2D eigenvalue weighted by Gasteiger charge is 2.33. The third kappa shape index (κ3) is 4.60. The maximum absolute atomic E-state index is 13.2. The van der Waals surface area contributed by atoms with Gasteiger partial charge < -0.3 is 19.5 Å². The van der Waals surface area contributed by atoms with E-state index in [9.17, 15) is 18.0 Å². The van der Waals surface area contributed by atoms with Crippen molar-refractivity contribution in [2.45, 2.75) is 37.0 Å². The molecule has 0 atom stereocenters. The zero-order valence-electron chi connectivity index (χ0n) is 18.6. The number of hydrogen-bond donors (Lipinski definition) is 1. The first-order chi connectivity index (χ1) is 16.4. The smallest absolute Gasteiger partial charge is 0.314 e. The molecule has 0 bridgehead atoms. The van der Waals surface area contributed by atoms with E-state index in [0.29, 0.717) is 56.1 Å². The van der Waals surface area contributed by atoms with Gasteiger partial charge in [0.2, 0.25) is 15.9 Å². The third-order valence-electron chi connectivity index (χ3n) is 6.33. The molecule has 3 aliphatic heterocycles. The number of nitrogens with one attached hydrogen (secondary N) is 1. The molecule has 0 spiro atoms. The lowest BCUT2D eigenvalue weighted by Gasteiger charge is -2.30. The van der Waals surface area contributed by atoms with Crippen LogP contribution in [0.3, 0.4) is 0 Å². The quantitative estimate of drug-likeness (QED) is 0.523. The van der Waals surface area contributed by atoms with Crippen molar-refractivity contribution in [1.29, 1.82) is 0 Å². The second kappa shape index (κ2) is 9.27. The molecular formula is C24H26N2O7S. The van der Waals surface area contributed by atoms with Gasteiger partial charge in [-0.2, -0.15) is 4.31 Å². The van der Waals surface area contributed by atoms with E-state index in [1.165, 1.54) is 16.4 Å². The number of amides is 1. The first kappa shape index (κ1) is 22.7. The van der Waals surface area contributed by atoms with Crippen LogP contribution in [-0.4, -0.2) is 50.9 Å². The number of benzene rings is 2. The Hall–Kier alpha value is -3.11. The Kier molecular flexibility index (Phi) is 6.18. The first-order valence-corrected chi connectivity index (χ1v) is 12.9. The molecule has 1 fully saturated rings. The normalized spacial score (nSPS) is 19.0. The lowest BCUT2D eigenvalue weighted by molar-refractivity contribution is -0.140. The number of nitrogens with zero attached hydrogens (tertiary/aromatic N) is 1. The van der Waals surface area contributed by atoms with Crippen molar-refractivity contribution in [2.24, 2.45) is 5.92 Å². The predicted octanol–water partition coefficient (Wildman–Crippen LogP) is 2.74. The molecule has 3 aliphatic rings. The molecule has 34 heavy (non-hydrogen) atoms. The van der Waals surface area contributed by atoms with Gasteiger partial charge in [0.1, 0.15) is 5.75 Å². The molecule has 1 N–H and O–H groups in total. The summed E-state index contributed by atoms with van der Waals surface area (Å²) in [6.45, 7) is 1.47. The van der Waals surface area contributed by atoms with Crippen molar-refractivity contribution in [3.8, 4) is 17.2 Å². The fraction of sp³-hybridized carbons (Fsp3) is 0.417.